The lowest BCUT2D eigenvalue weighted by molar-refractivity contribution is -0.136. The minimum atomic E-state index is -0.825. The topological polar surface area (TPSA) is 50.2 Å². The normalized spacial score (nSPS) is 13.5. The van der Waals surface area contributed by atoms with Crippen LogP contribution in [0.5, 0.6) is 0 Å². The van der Waals surface area contributed by atoms with E-state index in [1.807, 2.05) is 5.38 Å². The number of aliphatic carboxylic acids is 1. The van der Waals surface area contributed by atoms with E-state index in [1.54, 1.807) is 11.3 Å². The molecule has 1 aliphatic carbocycles. The van der Waals surface area contributed by atoms with E-state index in [2.05, 4.69) is 23.2 Å². The summed E-state index contributed by atoms with van der Waals surface area (Å²) in [4.78, 5) is 15.0. The van der Waals surface area contributed by atoms with Gasteiger partial charge < -0.3 is 5.11 Å². The van der Waals surface area contributed by atoms with Crippen molar-refractivity contribution < 1.29 is 9.90 Å². The van der Waals surface area contributed by atoms with E-state index in [9.17, 15) is 4.79 Å². The predicted molar refractivity (Wildman–Crippen MR) is 74.7 cm³/mol. The molecular formula is C15H15NO2S. The van der Waals surface area contributed by atoms with E-state index >= 15 is 0 Å². The molecule has 0 amide bonds. The lowest BCUT2D eigenvalue weighted by Gasteiger charge is -2.03. The van der Waals surface area contributed by atoms with Gasteiger partial charge in [-0.2, -0.15) is 0 Å². The number of fused-ring (bicyclic) bond motifs is 1. The first-order valence-corrected chi connectivity index (χ1v) is 7.34. The molecule has 0 saturated heterocycles. The molecule has 0 bridgehead atoms. The van der Waals surface area contributed by atoms with Crippen LogP contribution in [0, 0.1) is 0 Å². The highest BCUT2D eigenvalue weighted by molar-refractivity contribution is 7.09. The Kier molecular flexibility index (Phi) is 3.34. The molecule has 0 radical (unpaired) electrons. The quantitative estimate of drug-likeness (QED) is 0.932. The highest BCUT2D eigenvalue weighted by Gasteiger charge is 2.12. The van der Waals surface area contributed by atoms with Gasteiger partial charge in [0.15, 0.2) is 0 Å². The number of aryl methyl sites for hydroxylation is 2. The van der Waals surface area contributed by atoms with Crippen LogP contribution in [-0.2, 0) is 30.5 Å². The van der Waals surface area contributed by atoms with Gasteiger partial charge in [-0.1, -0.05) is 18.2 Å². The molecule has 19 heavy (non-hydrogen) atoms. The van der Waals surface area contributed by atoms with Gasteiger partial charge in [0.25, 0.3) is 0 Å². The predicted octanol–water partition coefficient (Wildman–Crippen LogP) is 2.85. The van der Waals surface area contributed by atoms with Gasteiger partial charge in [-0.05, 0) is 36.0 Å². The fraction of sp³-hybridized carbons (Fsp3) is 0.333. The number of nitrogens with zero attached hydrogens (tertiary/aromatic N) is 1. The zero-order valence-corrected chi connectivity index (χ0v) is 11.4. The number of carbonyl (C=O) groups is 1. The van der Waals surface area contributed by atoms with E-state index < -0.39 is 5.97 Å². The maximum atomic E-state index is 10.6. The standard InChI is InChI=1S/C15H15NO2S/c17-15(18)8-13-9-19-14(16-13)7-10-4-5-11-2-1-3-12(11)6-10/h4-6,9H,1-3,7-8H2,(H,17,18). The highest BCUT2D eigenvalue weighted by Crippen LogP contribution is 2.24. The van der Waals surface area contributed by atoms with E-state index in [4.69, 9.17) is 5.11 Å². The third-order valence-electron chi connectivity index (χ3n) is 3.45. The van der Waals surface area contributed by atoms with Gasteiger partial charge >= 0.3 is 5.97 Å². The largest absolute Gasteiger partial charge is 0.481 e. The molecule has 0 spiro atoms. The Hall–Kier alpha value is -1.68. The fourth-order valence-electron chi connectivity index (χ4n) is 2.58. The molecule has 0 atom stereocenters. The van der Waals surface area contributed by atoms with Crippen molar-refractivity contribution in [1.29, 1.82) is 0 Å². The van der Waals surface area contributed by atoms with Crippen LogP contribution in [0.15, 0.2) is 23.6 Å². The van der Waals surface area contributed by atoms with E-state index in [1.165, 1.54) is 36.0 Å². The molecule has 0 saturated carbocycles. The molecule has 3 rings (SSSR count). The van der Waals surface area contributed by atoms with Gasteiger partial charge in [0.05, 0.1) is 17.1 Å². The maximum absolute atomic E-state index is 10.6. The zero-order valence-electron chi connectivity index (χ0n) is 10.6. The lowest BCUT2D eigenvalue weighted by atomic mass is 10.0. The third kappa shape index (κ3) is 2.84. The van der Waals surface area contributed by atoms with Gasteiger partial charge in [-0.15, -0.1) is 11.3 Å². The number of thiazole rings is 1. The van der Waals surface area contributed by atoms with E-state index in [0.29, 0.717) is 5.69 Å². The maximum Gasteiger partial charge on any atom is 0.309 e. The Morgan fingerprint density at radius 2 is 2.16 bits per heavy atom. The summed E-state index contributed by atoms with van der Waals surface area (Å²) in [7, 11) is 0. The summed E-state index contributed by atoms with van der Waals surface area (Å²) in [5.74, 6) is -0.825. The molecule has 98 valence electrons. The van der Waals surface area contributed by atoms with Crippen LogP contribution in [0.3, 0.4) is 0 Å². The average molecular weight is 273 g/mol. The summed E-state index contributed by atoms with van der Waals surface area (Å²) in [6, 6.07) is 6.67. The summed E-state index contributed by atoms with van der Waals surface area (Å²) >= 11 is 1.55. The Balaban J connectivity index is 1.74. The van der Waals surface area contributed by atoms with Gasteiger partial charge in [0.2, 0.25) is 0 Å². The molecule has 4 heteroatoms. The fourth-order valence-corrected chi connectivity index (χ4v) is 3.40. The second-order valence-electron chi connectivity index (χ2n) is 4.94. The molecule has 1 N–H and O–H groups in total. The molecule has 0 aliphatic heterocycles. The Bertz CT molecular complexity index is 618. The molecule has 2 aromatic rings. The lowest BCUT2D eigenvalue weighted by Crippen LogP contribution is -2.00. The number of hydrogen-bond acceptors (Lipinski definition) is 3. The highest BCUT2D eigenvalue weighted by atomic mass is 32.1. The summed E-state index contributed by atoms with van der Waals surface area (Å²) in [5, 5.41) is 11.6. The Labute approximate surface area is 115 Å². The van der Waals surface area contributed by atoms with Gasteiger partial charge in [0.1, 0.15) is 0 Å². The summed E-state index contributed by atoms with van der Waals surface area (Å²) < 4.78 is 0. The number of carboxylic acid groups (broad SMARTS) is 1. The molecule has 1 aromatic carbocycles. The molecular weight excluding hydrogens is 258 g/mol. The molecule has 0 unspecified atom stereocenters. The molecule has 1 aliphatic rings. The first-order valence-electron chi connectivity index (χ1n) is 6.46. The second-order valence-corrected chi connectivity index (χ2v) is 5.88. The minimum absolute atomic E-state index is 0.0146. The number of aromatic nitrogens is 1. The minimum Gasteiger partial charge on any atom is -0.481 e. The summed E-state index contributed by atoms with van der Waals surface area (Å²) in [6.07, 6.45) is 4.47. The van der Waals surface area contributed by atoms with Crippen molar-refractivity contribution in [3.63, 3.8) is 0 Å². The SMILES string of the molecule is O=C(O)Cc1csc(Cc2ccc3c(c2)CCC3)n1. The van der Waals surface area contributed by atoms with Crippen LogP contribution >= 0.6 is 11.3 Å². The average Bonchev–Trinajstić information content (AvgIpc) is 2.97. The van der Waals surface area contributed by atoms with Crippen LogP contribution in [0.2, 0.25) is 0 Å². The van der Waals surface area contributed by atoms with Crippen LogP contribution < -0.4 is 0 Å². The van der Waals surface area contributed by atoms with Crippen molar-refractivity contribution in [3.8, 4) is 0 Å². The zero-order chi connectivity index (χ0) is 13.2. The van der Waals surface area contributed by atoms with Crippen molar-refractivity contribution in [3.05, 3.63) is 51.0 Å². The van der Waals surface area contributed by atoms with Gasteiger partial charge in [-0.3, -0.25) is 4.79 Å². The number of carboxylic acids is 1. The van der Waals surface area contributed by atoms with Crippen LogP contribution in [0.4, 0.5) is 0 Å². The first-order chi connectivity index (χ1) is 9.20. The van der Waals surface area contributed by atoms with Crippen molar-refractivity contribution >= 4 is 17.3 Å². The van der Waals surface area contributed by atoms with E-state index in [-0.39, 0.29) is 6.42 Å². The Morgan fingerprint density at radius 3 is 3.00 bits per heavy atom. The second kappa shape index (κ2) is 5.13. The number of rotatable bonds is 4. The van der Waals surface area contributed by atoms with Crippen LogP contribution in [0.25, 0.3) is 0 Å². The van der Waals surface area contributed by atoms with Crippen molar-refractivity contribution in [2.24, 2.45) is 0 Å². The first kappa shape index (κ1) is 12.4. The number of hydrogen-bond donors (Lipinski definition) is 1. The number of benzene rings is 1. The molecule has 0 fully saturated rings. The van der Waals surface area contributed by atoms with Crippen molar-refractivity contribution in [2.75, 3.05) is 0 Å². The van der Waals surface area contributed by atoms with E-state index in [0.717, 1.165) is 11.4 Å². The molecule has 1 heterocycles. The monoisotopic (exact) mass is 273 g/mol. The summed E-state index contributed by atoms with van der Waals surface area (Å²) in [6.45, 7) is 0. The van der Waals surface area contributed by atoms with Gasteiger partial charge in [0, 0.05) is 11.8 Å². The van der Waals surface area contributed by atoms with Gasteiger partial charge in [-0.25, -0.2) is 4.98 Å². The van der Waals surface area contributed by atoms with Crippen molar-refractivity contribution in [1.82, 2.24) is 4.98 Å². The molecule has 1 aromatic heterocycles. The van der Waals surface area contributed by atoms with Crippen LogP contribution in [-0.4, -0.2) is 16.1 Å². The van der Waals surface area contributed by atoms with Crippen molar-refractivity contribution in [2.45, 2.75) is 32.1 Å². The Morgan fingerprint density at radius 1 is 1.32 bits per heavy atom. The third-order valence-corrected chi connectivity index (χ3v) is 4.35. The smallest absolute Gasteiger partial charge is 0.309 e. The summed E-state index contributed by atoms with van der Waals surface area (Å²) in [5.41, 5.74) is 4.89. The molecule has 3 nitrogen and oxygen atoms in total. The van der Waals surface area contributed by atoms with Crippen LogP contribution in [0.1, 0.15) is 33.8 Å².